The molecule has 1 atom stereocenters. The third kappa shape index (κ3) is 2.39. The summed E-state index contributed by atoms with van der Waals surface area (Å²) in [6.07, 6.45) is 5.57. The first kappa shape index (κ1) is 15.2. The molecule has 2 aromatic carbocycles. The molecule has 2 aliphatic rings. The second kappa shape index (κ2) is 6.02. The molecule has 2 aliphatic heterocycles. The molecular weight excluding hydrogens is 324 g/mol. The monoisotopic (exact) mass is 344 g/mol. The summed E-state index contributed by atoms with van der Waals surface area (Å²) in [6, 6.07) is 16.5. The van der Waals surface area contributed by atoms with Crippen LogP contribution in [0.15, 0.2) is 60.9 Å². The average molecular weight is 344 g/mol. The van der Waals surface area contributed by atoms with Gasteiger partial charge in [-0.3, -0.25) is 9.89 Å². The third-order valence-corrected chi connectivity index (χ3v) is 5.49. The van der Waals surface area contributed by atoms with Gasteiger partial charge in [-0.05, 0) is 42.2 Å². The lowest BCUT2D eigenvalue weighted by Crippen LogP contribution is -2.41. The first-order valence-electron chi connectivity index (χ1n) is 9.06. The lowest BCUT2D eigenvalue weighted by Gasteiger charge is -2.26. The molecular formula is C21H20N4O. The second-order valence-electron chi connectivity index (χ2n) is 6.90. The zero-order chi connectivity index (χ0) is 17.5. The van der Waals surface area contributed by atoms with Crippen molar-refractivity contribution in [2.45, 2.75) is 18.9 Å². The van der Waals surface area contributed by atoms with Crippen molar-refractivity contribution < 1.29 is 4.79 Å². The van der Waals surface area contributed by atoms with Crippen molar-refractivity contribution in [1.29, 1.82) is 0 Å². The van der Waals surface area contributed by atoms with E-state index in [0.29, 0.717) is 0 Å². The van der Waals surface area contributed by atoms with Gasteiger partial charge in [-0.2, -0.15) is 5.10 Å². The first-order chi connectivity index (χ1) is 12.8. The Balaban J connectivity index is 1.37. The summed E-state index contributed by atoms with van der Waals surface area (Å²) in [5.74, 6) is 0.206. The molecule has 1 fully saturated rings. The Labute approximate surface area is 152 Å². The van der Waals surface area contributed by atoms with Gasteiger partial charge in [0.1, 0.15) is 6.04 Å². The largest absolute Gasteiger partial charge is 0.359 e. The average Bonchev–Trinajstić information content (AvgIpc) is 3.41. The van der Waals surface area contributed by atoms with Crippen LogP contribution in [0.5, 0.6) is 0 Å². The van der Waals surface area contributed by atoms with Gasteiger partial charge in [0, 0.05) is 36.2 Å². The molecule has 5 nitrogen and oxygen atoms in total. The van der Waals surface area contributed by atoms with Gasteiger partial charge in [0.15, 0.2) is 0 Å². The summed E-state index contributed by atoms with van der Waals surface area (Å²) >= 11 is 0. The number of benzene rings is 2. The fourth-order valence-corrected chi connectivity index (χ4v) is 4.14. The van der Waals surface area contributed by atoms with E-state index in [1.165, 1.54) is 11.3 Å². The van der Waals surface area contributed by atoms with Gasteiger partial charge in [-0.25, -0.2) is 0 Å². The standard InChI is InChI=1S/C21H20N4O/c26-21-20(25-11-9-16-3-1-2-4-19(16)25)10-12-24(21)18-7-5-15(6-8-18)17-13-22-23-14-17/h1-8,13-14,20H,9-12H2,(H,22,23)/t20-/m1/s1. The molecule has 1 aromatic heterocycles. The highest BCUT2D eigenvalue weighted by atomic mass is 16.2. The summed E-state index contributed by atoms with van der Waals surface area (Å²) < 4.78 is 0. The van der Waals surface area contributed by atoms with Gasteiger partial charge in [-0.15, -0.1) is 0 Å². The van der Waals surface area contributed by atoms with Crippen molar-refractivity contribution in [2.24, 2.45) is 0 Å². The van der Waals surface area contributed by atoms with E-state index in [4.69, 9.17) is 0 Å². The molecule has 0 saturated carbocycles. The minimum atomic E-state index is -0.0489. The van der Waals surface area contributed by atoms with Crippen molar-refractivity contribution in [3.8, 4) is 11.1 Å². The molecule has 26 heavy (non-hydrogen) atoms. The Morgan fingerprint density at radius 1 is 1.00 bits per heavy atom. The van der Waals surface area contributed by atoms with E-state index in [2.05, 4.69) is 39.4 Å². The molecule has 1 saturated heterocycles. The first-order valence-corrected chi connectivity index (χ1v) is 9.06. The zero-order valence-electron chi connectivity index (χ0n) is 14.4. The highest BCUT2D eigenvalue weighted by molar-refractivity contribution is 6.01. The van der Waals surface area contributed by atoms with Crippen LogP contribution in [0.1, 0.15) is 12.0 Å². The Morgan fingerprint density at radius 2 is 1.85 bits per heavy atom. The third-order valence-electron chi connectivity index (χ3n) is 5.49. The van der Waals surface area contributed by atoms with E-state index in [9.17, 15) is 4.79 Å². The molecule has 0 radical (unpaired) electrons. The van der Waals surface area contributed by atoms with Crippen LogP contribution in [0.2, 0.25) is 0 Å². The predicted molar refractivity (Wildman–Crippen MR) is 102 cm³/mol. The fourth-order valence-electron chi connectivity index (χ4n) is 4.14. The van der Waals surface area contributed by atoms with Crippen molar-refractivity contribution in [2.75, 3.05) is 22.9 Å². The summed E-state index contributed by atoms with van der Waals surface area (Å²) in [5, 5.41) is 6.82. The number of para-hydroxylation sites is 1. The van der Waals surface area contributed by atoms with Crippen LogP contribution in [0.4, 0.5) is 11.4 Å². The molecule has 0 aliphatic carbocycles. The number of carbonyl (C=O) groups excluding carboxylic acids is 1. The maximum absolute atomic E-state index is 13.1. The molecule has 5 heteroatoms. The normalized spacial score (nSPS) is 19.2. The lowest BCUT2D eigenvalue weighted by molar-refractivity contribution is -0.118. The summed E-state index contributed by atoms with van der Waals surface area (Å²) in [5.41, 5.74) is 5.69. The number of aromatic amines is 1. The molecule has 130 valence electrons. The van der Waals surface area contributed by atoms with Crippen LogP contribution in [-0.2, 0) is 11.2 Å². The fraction of sp³-hybridized carbons (Fsp3) is 0.238. The van der Waals surface area contributed by atoms with Gasteiger partial charge in [0.25, 0.3) is 0 Å². The number of aromatic nitrogens is 2. The topological polar surface area (TPSA) is 52.2 Å². The van der Waals surface area contributed by atoms with Gasteiger partial charge in [0.05, 0.1) is 6.20 Å². The summed E-state index contributed by atoms with van der Waals surface area (Å²) in [4.78, 5) is 17.3. The van der Waals surface area contributed by atoms with Crippen LogP contribution in [0, 0.1) is 0 Å². The second-order valence-corrected chi connectivity index (χ2v) is 6.90. The van der Waals surface area contributed by atoms with Crippen LogP contribution < -0.4 is 9.80 Å². The molecule has 3 aromatic rings. The molecule has 5 rings (SSSR count). The number of carbonyl (C=O) groups is 1. The predicted octanol–water partition coefficient (Wildman–Crippen LogP) is 3.24. The number of H-pyrrole nitrogens is 1. The van der Waals surface area contributed by atoms with Gasteiger partial charge in [0.2, 0.25) is 5.91 Å². The summed E-state index contributed by atoms with van der Waals surface area (Å²) in [6.45, 7) is 1.70. The SMILES string of the molecule is O=C1[C@H](N2CCc3ccccc32)CCN1c1ccc(-c2cn[nH]c2)cc1. The van der Waals surface area contributed by atoms with Crippen molar-refractivity contribution in [1.82, 2.24) is 10.2 Å². The van der Waals surface area contributed by atoms with E-state index in [1.807, 2.05) is 35.4 Å². The number of nitrogens with one attached hydrogen (secondary N) is 1. The minimum absolute atomic E-state index is 0.0489. The van der Waals surface area contributed by atoms with Crippen molar-refractivity contribution in [3.05, 3.63) is 66.5 Å². The number of hydrogen-bond donors (Lipinski definition) is 1. The van der Waals surface area contributed by atoms with E-state index < -0.39 is 0 Å². The molecule has 1 N–H and O–H groups in total. The zero-order valence-corrected chi connectivity index (χ0v) is 14.4. The van der Waals surface area contributed by atoms with Gasteiger partial charge >= 0.3 is 0 Å². The number of hydrogen-bond acceptors (Lipinski definition) is 3. The van der Waals surface area contributed by atoms with Gasteiger partial charge in [-0.1, -0.05) is 30.3 Å². The Hall–Kier alpha value is -3.08. The van der Waals surface area contributed by atoms with E-state index >= 15 is 0 Å². The smallest absolute Gasteiger partial charge is 0.249 e. The van der Waals surface area contributed by atoms with E-state index in [0.717, 1.165) is 42.7 Å². The summed E-state index contributed by atoms with van der Waals surface area (Å²) in [7, 11) is 0. The van der Waals surface area contributed by atoms with E-state index in [-0.39, 0.29) is 11.9 Å². The highest BCUT2D eigenvalue weighted by Gasteiger charge is 2.38. The molecule has 3 heterocycles. The van der Waals surface area contributed by atoms with Crippen LogP contribution in [0.25, 0.3) is 11.1 Å². The van der Waals surface area contributed by atoms with Crippen molar-refractivity contribution in [3.63, 3.8) is 0 Å². The highest BCUT2D eigenvalue weighted by Crippen LogP contribution is 2.34. The number of amides is 1. The van der Waals surface area contributed by atoms with E-state index in [1.54, 1.807) is 6.20 Å². The number of fused-ring (bicyclic) bond motifs is 1. The Kier molecular flexibility index (Phi) is 3.52. The van der Waals surface area contributed by atoms with Crippen molar-refractivity contribution >= 4 is 17.3 Å². The lowest BCUT2D eigenvalue weighted by atomic mass is 10.1. The van der Waals surface area contributed by atoms with Gasteiger partial charge < -0.3 is 9.80 Å². The number of anilines is 2. The Bertz CT molecular complexity index is 933. The number of rotatable bonds is 3. The minimum Gasteiger partial charge on any atom is -0.359 e. The van der Waals surface area contributed by atoms with Crippen LogP contribution in [-0.4, -0.2) is 35.2 Å². The Morgan fingerprint density at radius 3 is 2.65 bits per heavy atom. The molecule has 1 amide bonds. The maximum Gasteiger partial charge on any atom is 0.249 e. The van der Waals surface area contributed by atoms with Crippen LogP contribution in [0.3, 0.4) is 0 Å². The molecule has 0 spiro atoms. The molecule has 0 unspecified atom stereocenters. The quantitative estimate of drug-likeness (QED) is 0.793. The van der Waals surface area contributed by atoms with Crippen LogP contribution >= 0.6 is 0 Å². The maximum atomic E-state index is 13.1. The molecule has 0 bridgehead atoms. The number of nitrogens with zero attached hydrogens (tertiary/aromatic N) is 3.